The first-order valence-corrected chi connectivity index (χ1v) is 6.83. The van der Waals surface area contributed by atoms with Crippen molar-refractivity contribution < 1.29 is 5.21 Å². The number of amidine groups is 1. The molecule has 1 atom stereocenters. The zero-order valence-electron chi connectivity index (χ0n) is 11.9. The third-order valence-electron chi connectivity index (χ3n) is 3.46. The Morgan fingerprint density at radius 2 is 2.10 bits per heavy atom. The number of rotatable bonds is 4. The average Bonchev–Trinajstić information content (AvgIpc) is 2.53. The SMILES string of the molecule is CC(c1ccccc1Cl)N(C)c1ccnc(C(N)=NO)c1. The van der Waals surface area contributed by atoms with Gasteiger partial charge in [-0.25, -0.2) is 0 Å². The van der Waals surface area contributed by atoms with E-state index in [1.54, 1.807) is 12.3 Å². The van der Waals surface area contributed by atoms with E-state index < -0.39 is 0 Å². The highest BCUT2D eigenvalue weighted by atomic mass is 35.5. The first-order valence-electron chi connectivity index (χ1n) is 6.45. The Morgan fingerprint density at radius 3 is 2.76 bits per heavy atom. The van der Waals surface area contributed by atoms with Gasteiger partial charge in [0, 0.05) is 24.0 Å². The number of pyridine rings is 1. The number of anilines is 1. The molecule has 0 fully saturated rings. The molecule has 110 valence electrons. The Bertz CT molecular complexity index is 660. The lowest BCUT2D eigenvalue weighted by Gasteiger charge is -2.28. The second-order valence-corrected chi connectivity index (χ2v) is 5.10. The second kappa shape index (κ2) is 6.45. The molecule has 1 aromatic heterocycles. The minimum Gasteiger partial charge on any atom is -0.409 e. The number of benzene rings is 1. The third-order valence-corrected chi connectivity index (χ3v) is 3.80. The molecular weight excluding hydrogens is 288 g/mol. The van der Waals surface area contributed by atoms with Crippen LogP contribution in [0.25, 0.3) is 0 Å². The van der Waals surface area contributed by atoms with Gasteiger partial charge < -0.3 is 15.8 Å². The van der Waals surface area contributed by atoms with E-state index in [0.29, 0.717) is 5.69 Å². The number of halogens is 1. The minimum atomic E-state index is -0.0179. The van der Waals surface area contributed by atoms with Crippen LogP contribution in [0.4, 0.5) is 5.69 Å². The van der Waals surface area contributed by atoms with Crippen LogP contribution >= 0.6 is 11.6 Å². The molecule has 0 aliphatic heterocycles. The van der Waals surface area contributed by atoms with Gasteiger partial charge in [0.15, 0.2) is 5.84 Å². The maximum absolute atomic E-state index is 8.73. The summed E-state index contributed by atoms with van der Waals surface area (Å²) in [6.07, 6.45) is 1.62. The zero-order chi connectivity index (χ0) is 15.4. The quantitative estimate of drug-likeness (QED) is 0.394. The molecule has 0 aliphatic carbocycles. The molecule has 0 spiro atoms. The van der Waals surface area contributed by atoms with E-state index in [9.17, 15) is 0 Å². The highest BCUT2D eigenvalue weighted by Gasteiger charge is 2.16. The van der Waals surface area contributed by atoms with Gasteiger partial charge in [0.25, 0.3) is 0 Å². The largest absolute Gasteiger partial charge is 0.409 e. The molecule has 2 rings (SSSR count). The Labute approximate surface area is 128 Å². The van der Waals surface area contributed by atoms with E-state index in [4.69, 9.17) is 22.5 Å². The van der Waals surface area contributed by atoms with Crippen LogP contribution in [-0.2, 0) is 0 Å². The van der Waals surface area contributed by atoms with Crippen molar-refractivity contribution in [2.75, 3.05) is 11.9 Å². The summed E-state index contributed by atoms with van der Waals surface area (Å²) in [7, 11) is 1.96. The van der Waals surface area contributed by atoms with Gasteiger partial charge in [-0.15, -0.1) is 0 Å². The molecule has 0 radical (unpaired) electrons. The lowest BCUT2D eigenvalue weighted by atomic mass is 10.1. The van der Waals surface area contributed by atoms with E-state index in [1.165, 1.54) is 0 Å². The number of hydrogen-bond donors (Lipinski definition) is 2. The van der Waals surface area contributed by atoms with Crippen molar-refractivity contribution in [3.8, 4) is 0 Å². The molecule has 1 heterocycles. The van der Waals surface area contributed by atoms with Crippen LogP contribution in [0.15, 0.2) is 47.8 Å². The molecule has 1 unspecified atom stereocenters. The highest BCUT2D eigenvalue weighted by Crippen LogP contribution is 2.29. The van der Waals surface area contributed by atoms with Crippen LogP contribution in [0.3, 0.4) is 0 Å². The fourth-order valence-electron chi connectivity index (χ4n) is 2.08. The minimum absolute atomic E-state index is 0.0179. The molecular formula is C15H17ClN4O. The maximum atomic E-state index is 8.73. The molecule has 1 aromatic carbocycles. The normalized spacial score (nSPS) is 13.0. The van der Waals surface area contributed by atoms with E-state index in [0.717, 1.165) is 16.3 Å². The molecule has 0 saturated carbocycles. The highest BCUT2D eigenvalue weighted by molar-refractivity contribution is 6.31. The van der Waals surface area contributed by atoms with Crippen LogP contribution in [0.2, 0.25) is 5.02 Å². The Morgan fingerprint density at radius 1 is 1.38 bits per heavy atom. The van der Waals surface area contributed by atoms with Crippen molar-refractivity contribution in [2.24, 2.45) is 10.9 Å². The van der Waals surface area contributed by atoms with Crippen molar-refractivity contribution in [1.82, 2.24) is 4.98 Å². The first-order chi connectivity index (χ1) is 10.0. The van der Waals surface area contributed by atoms with Crippen LogP contribution < -0.4 is 10.6 Å². The average molecular weight is 305 g/mol. The van der Waals surface area contributed by atoms with Gasteiger partial charge in [0.05, 0.1) is 6.04 Å². The molecule has 2 aromatic rings. The van der Waals surface area contributed by atoms with E-state index >= 15 is 0 Å². The lowest BCUT2D eigenvalue weighted by Crippen LogP contribution is -2.23. The third kappa shape index (κ3) is 3.25. The summed E-state index contributed by atoms with van der Waals surface area (Å²) in [6.45, 7) is 2.06. The van der Waals surface area contributed by atoms with E-state index in [-0.39, 0.29) is 11.9 Å². The zero-order valence-corrected chi connectivity index (χ0v) is 12.6. The lowest BCUT2D eigenvalue weighted by molar-refractivity contribution is 0.318. The number of hydrogen-bond acceptors (Lipinski definition) is 4. The van der Waals surface area contributed by atoms with Gasteiger partial charge in [-0.05, 0) is 30.7 Å². The number of aromatic nitrogens is 1. The van der Waals surface area contributed by atoms with Crippen LogP contribution in [0.1, 0.15) is 24.2 Å². The number of nitrogens with zero attached hydrogens (tertiary/aromatic N) is 3. The molecule has 5 nitrogen and oxygen atoms in total. The predicted molar refractivity (Wildman–Crippen MR) is 85.0 cm³/mol. The van der Waals surface area contributed by atoms with Gasteiger partial charge in [-0.2, -0.15) is 0 Å². The summed E-state index contributed by atoms with van der Waals surface area (Å²) in [6, 6.07) is 11.4. The monoisotopic (exact) mass is 304 g/mol. The fourth-order valence-corrected chi connectivity index (χ4v) is 2.37. The van der Waals surface area contributed by atoms with Gasteiger partial charge >= 0.3 is 0 Å². The molecule has 6 heteroatoms. The maximum Gasteiger partial charge on any atom is 0.188 e. The molecule has 0 bridgehead atoms. The summed E-state index contributed by atoms with van der Waals surface area (Å²) in [5.74, 6) is -0.0179. The van der Waals surface area contributed by atoms with Crippen molar-refractivity contribution in [3.05, 3.63) is 58.9 Å². The summed E-state index contributed by atoms with van der Waals surface area (Å²) in [5.41, 5.74) is 7.93. The molecule has 0 saturated heterocycles. The van der Waals surface area contributed by atoms with E-state index in [1.807, 2.05) is 37.4 Å². The molecule has 21 heavy (non-hydrogen) atoms. The smallest absolute Gasteiger partial charge is 0.188 e. The molecule has 3 N–H and O–H groups in total. The Kier molecular flexibility index (Phi) is 4.65. The van der Waals surface area contributed by atoms with Crippen LogP contribution in [-0.4, -0.2) is 23.1 Å². The van der Waals surface area contributed by atoms with Crippen molar-refractivity contribution in [1.29, 1.82) is 0 Å². The fraction of sp³-hybridized carbons (Fsp3) is 0.200. The summed E-state index contributed by atoms with van der Waals surface area (Å²) >= 11 is 6.24. The van der Waals surface area contributed by atoms with Crippen molar-refractivity contribution in [3.63, 3.8) is 0 Å². The standard InChI is InChI=1S/C15H17ClN4O/c1-10(12-5-3-4-6-13(12)16)20(2)11-7-8-18-14(9-11)15(17)19-21/h3-10,21H,1-2H3,(H2,17,19). The summed E-state index contributed by atoms with van der Waals surface area (Å²) in [5, 5.41) is 12.4. The van der Waals surface area contributed by atoms with Crippen molar-refractivity contribution in [2.45, 2.75) is 13.0 Å². The second-order valence-electron chi connectivity index (χ2n) is 4.69. The van der Waals surface area contributed by atoms with Gasteiger partial charge in [0.1, 0.15) is 5.69 Å². The van der Waals surface area contributed by atoms with Crippen LogP contribution in [0.5, 0.6) is 0 Å². The topological polar surface area (TPSA) is 74.7 Å². The van der Waals surface area contributed by atoms with Gasteiger partial charge in [-0.1, -0.05) is 35.0 Å². The van der Waals surface area contributed by atoms with Crippen LogP contribution in [0, 0.1) is 0 Å². The predicted octanol–water partition coefficient (Wildman–Crippen LogP) is 3.03. The number of nitrogens with two attached hydrogens (primary N) is 1. The summed E-state index contributed by atoms with van der Waals surface area (Å²) in [4.78, 5) is 6.13. The molecule has 0 aliphatic rings. The number of oxime groups is 1. The first kappa shape index (κ1) is 15.1. The van der Waals surface area contributed by atoms with Crippen molar-refractivity contribution >= 4 is 23.1 Å². The molecule has 0 amide bonds. The van der Waals surface area contributed by atoms with Gasteiger partial charge in [0.2, 0.25) is 0 Å². The van der Waals surface area contributed by atoms with E-state index in [2.05, 4.69) is 22.0 Å². The van der Waals surface area contributed by atoms with Gasteiger partial charge in [-0.3, -0.25) is 4.98 Å². The Balaban J connectivity index is 2.32. The Hall–Kier alpha value is -2.27. The summed E-state index contributed by atoms with van der Waals surface area (Å²) < 4.78 is 0.